The molecule has 4 aromatic rings. The number of hydrogen-bond donors (Lipinski definition) is 1. The van der Waals surface area contributed by atoms with E-state index in [9.17, 15) is 4.79 Å². The van der Waals surface area contributed by atoms with E-state index in [4.69, 9.17) is 9.98 Å². The van der Waals surface area contributed by atoms with E-state index >= 15 is 0 Å². The molecule has 1 aliphatic rings. The van der Waals surface area contributed by atoms with Gasteiger partial charge in [0.05, 0.1) is 18.0 Å². The van der Waals surface area contributed by atoms with E-state index in [-0.39, 0.29) is 5.78 Å². The van der Waals surface area contributed by atoms with Crippen LogP contribution < -0.4 is 5.32 Å². The molecule has 0 spiro atoms. The van der Waals surface area contributed by atoms with Crippen molar-refractivity contribution in [1.29, 1.82) is 0 Å². The lowest BCUT2D eigenvalue weighted by Crippen LogP contribution is -2.09. The number of hydrogen-bond acceptors (Lipinski definition) is 5. The molecule has 0 unspecified atom stereocenters. The number of aryl methyl sites for hydroxylation is 3. The molecule has 5 nitrogen and oxygen atoms in total. The van der Waals surface area contributed by atoms with Crippen LogP contribution >= 0.6 is 0 Å². The van der Waals surface area contributed by atoms with Gasteiger partial charge in [0.2, 0.25) is 5.95 Å². The Morgan fingerprint density at radius 1 is 0.912 bits per heavy atom. The monoisotopic (exact) mass is 446 g/mol. The molecular formula is C29H26N4O. The normalized spacial score (nSPS) is 12.3. The van der Waals surface area contributed by atoms with Gasteiger partial charge in [0.15, 0.2) is 5.78 Å². The van der Waals surface area contributed by atoms with E-state index in [0.717, 1.165) is 33.8 Å². The number of aromatic nitrogens is 2. The smallest absolute Gasteiger partial charge is 0.227 e. The zero-order valence-electron chi connectivity index (χ0n) is 19.8. The molecule has 168 valence electrons. The SMILES string of the molecule is CC(=O)c1ccc(Nc2ncc3c(n2)-c2ccc(C)cc2C(c2c(C)cccc2C)=NC3)cc1. The number of ketones is 1. The molecule has 3 aromatic carbocycles. The maximum absolute atomic E-state index is 11.6. The molecule has 0 fully saturated rings. The number of nitrogens with zero attached hydrogens (tertiary/aromatic N) is 3. The van der Waals surface area contributed by atoms with Crippen LogP contribution in [0.25, 0.3) is 11.3 Å². The first kappa shape index (κ1) is 21.7. The maximum Gasteiger partial charge on any atom is 0.227 e. The van der Waals surface area contributed by atoms with Gasteiger partial charge in [0.1, 0.15) is 0 Å². The molecule has 0 amide bonds. The lowest BCUT2D eigenvalue weighted by molar-refractivity contribution is 0.101. The van der Waals surface area contributed by atoms with Crippen LogP contribution in [0.4, 0.5) is 11.6 Å². The van der Waals surface area contributed by atoms with E-state index in [0.29, 0.717) is 18.1 Å². The molecule has 1 aliphatic heterocycles. The molecule has 5 rings (SSSR count). The number of aliphatic imine (C=N–C) groups is 1. The molecule has 34 heavy (non-hydrogen) atoms. The van der Waals surface area contributed by atoms with Crippen molar-refractivity contribution in [3.05, 3.63) is 106 Å². The third kappa shape index (κ3) is 4.01. The molecule has 2 heterocycles. The molecule has 5 heteroatoms. The summed E-state index contributed by atoms with van der Waals surface area (Å²) in [5.74, 6) is 0.552. The predicted octanol–water partition coefficient (Wildman–Crippen LogP) is 6.37. The van der Waals surface area contributed by atoms with Gasteiger partial charge in [-0.05, 0) is 69.2 Å². The number of fused-ring (bicyclic) bond motifs is 3. The number of carbonyl (C=O) groups excluding carboxylic acids is 1. The van der Waals surface area contributed by atoms with Crippen molar-refractivity contribution in [2.75, 3.05) is 5.32 Å². The summed E-state index contributed by atoms with van der Waals surface area (Å²) in [6, 6.07) is 20.1. The number of benzene rings is 3. The van der Waals surface area contributed by atoms with Crippen molar-refractivity contribution in [2.24, 2.45) is 4.99 Å². The number of carbonyl (C=O) groups is 1. The first-order valence-electron chi connectivity index (χ1n) is 11.4. The van der Waals surface area contributed by atoms with Crippen molar-refractivity contribution < 1.29 is 4.79 Å². The van der Waals surface area contributed by atoms with Gasteiger partial charge in [-0.3, -0.25) is 9.79 Å². The molecule has 1 N–H and O–H groups in total. The maximum atomic E-state index is 11.6. The van der Waals surface area contributed by atoms with Crippen LogP contribution in [0.1, 0.15) is 50.7 Å². The minimum Gasteiger partial charge on any atom is -0.324 e. The average Bonchev–Trinajstić information content (AvgIpc) is 2.96. The first-order valence-corrected chi connectivity index (χ1v) is 11.4. The summed E-state index contributed by atoms with van der Waals surface area (Å²) in [6.07, 6.45) is 1.86. The van der Waals surface area contributed by atoms with Gasteiger partial charge in [-0.1, -0.05) is 35.9 Å². The van der Waals surface area contributed by atoms with Gasteiger partial charge in [0.25, 0.3) is 0 Å². The summed E-state index contributed by atoms with van der Waals surface area (Å²) in [5.41, 5.74) is 11.3. The van der Waals surface area contributed by atoms with Gasteiger partial charge in [-0.25, -0.2) is 9.97 Å². The van der Waals surface area contributed by atoms with E-state index < -0.39 is 0 Å². The Balaban J connectivity index is 1.59. The van der Waals surface area contributed by atoms with Gasteiger partial charge in [-0.15, -0.1) is 0 Å². The van der Waals surface area contributed by atoms with E-state index in [2.05, 4.69) is 67.5 Å². The number of nitrogens with one attached hydrogen (secondary N) is 1. The Hall–Kier alpha value is -4.12. The summed E-state index contributed by atoms with van der Waals surface area (Å²) >= 11 is 0. The molecular weight excluding hydrogens is 420 g/mol. The number of rotatable bonds is 4. The molecule has 0 atom stereocenters. The molecule has 0 radical (unpaired) electrons. The third-order valence-electron chi connectivity index (χ3n) is 6.22. The Labute approximate surface area is 199 Å². The van der Waals surface area contributed by atoms with E-state index in [1.54, 1.807) is 19.1 Å². The third-order valence-corrected chi connectivity index (χ3v) is 6.22. The van der Waals surface area contributed by atoms with Crippen LogP contribution in [-0.4, -0.2) is 21.5 Å². The van der Waals surface area contributed by atoms with Crippen LogP contribution in [-0.2, 0) is 6.54 Å². The highest BCUT2D eigenvalue weighted by atomic mass is 16.1. The van der Waals surface area contributed by atoms with Crippen molar-refractivity contribution in [1.82, 2.24) is 9.97 Å². The summed E-state index contributed by atoms with van der Waals surface area (Å²) in [5, 5.41) is 3.27. The molecule has 0 bridgehead atoms. The standard InChI is InChI=1S/C29H26N4O/c1-17-8-13-24-25(14-17)28(26-18(2)6-5-7-19(26)3)30-15-22-16-31-29(33-27(22)24)32-23-11-9-21(10-12-23)20(4)34/h5-14,16H,15H2,1-4H3,(H,31,32,33). The van der Waals surface area contributed by atoms with Gasteiger partial charge in [-0.2, -0.15) is 0 Å². The van der Waals surface area contributed by atoms with Gasteiger partial charge < -0.3 is 5.32 Å². The molecule has 0 saturated heterocycles. The topological polar surface area (TPSA) is 67.2 Å². The minimum absolute atomic E-state index is 0.0411. The van der Waals surface area contributed by atoms with Crippen LogP contribution in [0.15, 0.2) is 71.9 Å². The van der Waals surface area contributed by atoms with Gasteiger partial charge in [0, 0.05) is 39.7 Å². The Morgan fingerprint density at radius 3 is 2.35 bits per heavy atom. The van der Waals surface area contributed by atoms with Gasteiger partial charge >= 0.3 is 0 Å². The summed E-state index contributed by atoms with van der Waals surface area (Å²) < 4.78 is 0. The van der Waals surface area contributed by atoms with Crippen molar-refractivity contribution >= 4 is 23.1 Å². The fourth-order valence-corrected chi connectivity index (χ4v) is 4.44. The van der Waals surface area contributed by atoms with Crippen LogP contribution in [0.3, 0.4) is 0 Å². The number of anilines is 2. The average molecular weight is 447 g/mol. The minimum atomic E-state index is 0.0411. The highest BCUT2D eigenvalue weighted by Crippen LogP contribution is 2.34. The summed E-state index contributed by atoms with van der Waals surface area (Å²) in [4.78, 5) is 26.1. The highest BCUT2D eigenvalue weighted by molar-refractivity contribution is 6.18. The van der Waals surface area contributed by atoms with Crippen molar-refractivity contribution in [3.63, 3.8) is 0 Å². The largest absolute Gasteiger partial charge is 0.324 e. The Bertz CT molecular complexity index is 1430. The molecule has 0 saturated carbocycles. The fourth-order valence-electron chi connectivity index (χ4n) is 4.44. The Kier molecular flexibility index (Phi) is 5.54. The van der Waals surface area contributed by atoms with E-state index in [1.165, 1.54) is 22.3 Å². The zero-order valence-corrected chi connectivity index (χ0v) is 19.8. The quantitative estimate of drug-likeness (QED) is 0.370. The van der Waals surface area contributed by atoms with Crippen LogP contribution in [0, 0.1) is 20.8 Å². The second kappa shape index (κ2) is 8.67. The first-order chi connectivity index (χ1) is 16.4. The molecule has 0 aliphatic carbocycles. The second-order valence-electron chi connectivity index (χ2n) is 8.81. The van der Waals surface area contributed by atoms with Crippen LogP contribution in [0.2, 0.25) is 0 Å². The Morgan fingerprint density at radius 2 is 1.65 bits per heavy atom. The summed E-state index contributed by atoms with van der Waals surface area (Å²) in [7, 11) is 0. The lowest BCUT2D eigenvalue weighted by atomic mass is 9.90. The van der Waals surface area contributed by atoms with Crippen molar-refractivity contribution in [3.8, 4) is 11.3 Å². The van der Waals surface area contributed by atoms with Crippen molar-refractivity contribution in [2.45, 2.75) is 34.2 Å². The fraction of sp³-hybridized carbons (Fsp3) is 0.172. The zero-order chi connectivity index (χ0) is 23.8. The number of Topliss-reactive ketones (excluding diaryl/α,β-unsaturated/α-hetero) is 1. The molecule has 1 aromatic heterocycles. The predicted molar refractivity (Wildman–Crippen MR) is 137 cm³/mol. The lowest BCUT2D eigenvalue weighted by Gasteiger charge is -2.16. The summed E-state index contributed by atoms with van der Waals surface area (Å²) in [6.45, 7) is 8.45. The van der Waals surface area contributed by atoms with E-state index in [1.807, 2.05) is 18.3 Å². The van der Waals surface area contributed by atoms with Crippen LogP contribution in [0.5, 0.6) is 0 Å². The highest BCUT2D eigenvalue weighted by Gasteiger charge is 2.23. The second-order valence-corrected chi connectivity index (χ2v) is 8.81.